The lowest BCUT2D eigenvalue weighted by molar-refractivity contribution is -0.384. The van der Waals surface area contributed by atoms with Crippen LogP contribution in [0.25, 0.3) is 11.0 Å². The number of para-hydroxylation sites is 2. The minimum absolute atomic E-state index is 0.102. The lowest BCUT2D eigenvalue weighted by atomic mass is 10.2. The maximum absolute atomic E-state index is 12.4. The van der Waals surface area contributed by atoms with Crippen molar-refractivity contribution in [2.24, 2.45) is 0 Å². The molecule has 2 N–H and O–H groups in total. The van der Waals surface area contributed by atoms with Crippen LogP contribution in [-0.4, -0.2) is 46.0 Å². The summed E-state index contributed by atoms with van der Waals surface area (Å²) in [7, 11) is 0. The van der Waals surface area contributed by atoms with E-state index < -0.39 is 16.7 Å². The van der Waals surface area contributed by atoms with Crippen molar-refractivity contribution < 1.29 is 19.2 Å². The molecule has 0 aliphatic heterocycles. The predicted molar refractivity (Wildman–Crippen MR) is 115 cm³/mol. The summed E-state index contributed by atoms with van der Waals surface area (Å²) in [6.07, 6.45) is 0.751. The molecule has 0 fully saturated rings. The van der Waals surface area contributed by atoms with E-state index in [1.165, 1.54) is 18.2 Å². The van der Waals surface area contributed by atoms with E-state index in [-0.39, 0.29) is 17.8 Å². The minimum Gasteiger partial charge on any atom is -0.382 e. The minimum atomic E-state index is -0.584. The third kappa shape index (κ3) is 5.64. The topological polar surface area (TPSA) is 128 Å². The van der Waals surface area contributed by atoms with Crippen LogP contribution in [0, 0.1) is 10.1 Å². The molecule has 0 bridgehead atoms. The maximum atomic E-state index is 12.4. The first kappa shape index (κ1) is 21.9. The first-order chi connectivity index (χ1) is 15.0. The van der Waals surface area contributed by atoms with E-state index in [2.05, 4.69) is 15.6 Å². The van der Waals surface area contributed by atoms with Crippen LogP contribution in [0.1, 0.15) is 23.7 Å². The van der Waals surface area contributed by atoms with E-state index in [1.807, 2.05) is 35.8 Å². The Kier molecular flexibility index (Phi) is 7.28. The summed E-state index contributed by atoms with van der Waals surface area (Å²) in [4.78, 5) is 39.4. The molecule has 2 aromatic carbocycles. The number of rotatable bonds is 10. The number of anilines is 1. The second-order valence-corrected chi connectivity index (χ2v) is 6.66. The summed E-state index contributed by atoms with van der Waals surface area (Å²) in [6.45, 7) is 3.47. The zero-order chi connectivity index (χ0) is 22.2. The quantitative estimate of drug-likeness (QED) is 0.292. The summed E-state index contributed by atoms with van der Waals surface area (Å²) in [6, 6.07) is 12.8. The number of nitrogens with zero attached hydrogens (tertiary/aromatic N) is 3. The molecule has 10 heteroatoms. The fraction of sp³-hybridized carbons (Fsp3) is 0.286. The second-order valence-electron chi connectivity index (χ2n) is 6.66. The third-order valence-electron chi connectivity index (χ3n) is 4.51. The zero-order valence-electron chi connectivity index (χ0n) is 17.0. The SMILES string of the molecule is CCOCCCn1c(NC(=O)CNC(=O)c2cccc([N+](=O)[O-])c2)nc2ccccc21. The molecule has 1 aromatic heterocycles. The number of aryl methyl sites for hydroxylation is 1. The van der Waals surface area contributed by atoms with Gasteiger partial charge >= 0.3 is 0 Å². The molecule has 162 valence electrons. The normalized spacial score (nSPS) is 10.7. The Morgan fingerprint density at radius 2 is 2.00 bits per heavy atom. The van der Waals surface area contributed by atoms with Crippen LogP contribution in [0.3, 0.4) is 0 Å². The number of hydrogen-bond acceptors (Lipinski definition) is 6. The Balaban J connectivity index is 1.65. The summed E-state index contributed by atoms with van der Waals surface area (Å²) in [5.74, 6) is -0.656. The van der Waals surface area contributed by atoms with E-state index in [9.17, 15) is 19.7 Å². The fourth-order valence-corrected chi connectivity index (χ4v) is 3.06. The number of carbonyl (C=O) groups is 2. The number of fused-ring (bicyclic) bond motifs is 1. The highest BCUT2D eigenvalue weighted by atomic mass is 16.6. The Morgan fingerprint density at radius 3 is 2.77 bits per heavy atom. The van der Waals surface area contributed by atoms with Crippen molar-refractivity contribution in [1.82, 2.24) is 14.9 Å². The number of benzene rings is 2. The molecule has 3 aromatic rings. The molecular formula is C21H23N5O5. The number of amides is 2. The Hall–Kier alpha value is -3.79. The van der Waals surface area contributed by atoms with E-state index in [0.717, 1.165) is 23.5 Å². The molecule has 2 amide bonds. The number of imidazole rings is 1. The Labute approximate surface area is 178 Å². The molecule has 0 aliphatic rings. The van der Waals surface area contributed by atoms with Gasteiger partial charge in [0.1, 0.15) is 0 Å². The van der Waals surface area contributed by atoms with Crippen LogP contribution in [0.2, 0.25) is 0 Å². The molecule has 10 nitrogen and oxygen atoms in total. The van der Waals surface area contributed by atoms with Gasteiger partial charge in [-0.3, -0.25) is 25.0 Å². The van der Waals surface area contributed by atoms with Gasteiger partial charge in [0.05, 0.1) is 22.5 Å². The number of aromatic nitrogens is 2. The van der Waals surface area contributed by atoms with Crippen molar-refractivity contribution in [1.29, 1.82) is 0 Å². The molecule has 3 rings (SSSR count). The third-order valence-corrected chi connectivity index (χ3v) is 4.51. The van der Waals surface area contributed by atoms with Gasteiger partial charge in [-0.15, -0.1) is 0 Å². The Morgan fingerprint density at radius 1 is 1.19 bits per heavy atom. The number of hydrogen-bond donors (Lipinski definition) is 2. The fourth-order valence-electron chi connectivity index (χ4n) is 3.06. The summed E-state index contributed by atoms with van der Waals surface area (Å²) in [5.41, 5.74) is 1.54. The number of carbonyl (C=O) groups excluding carboxylic acids is 2. The van der Waals surface area contributed by atoms with Crippen LogP contribution in [0.5, 0.6) is 0 Å². The van der Waals surface area contributed by atoms with Crippen LogP contribution >= 0.6 is 0 Å². The van der Waals surface area contributed by atoms with Crippen LogP contribution in [0.15, 0.2) is 48.5 Å². The van der Waals surface area contributed by atoms with Crippen LogP contribution in [0.4, 0.5) is 11.6 Å². The van der Waals surface area contributed by atoms with Crippen molar-refractivity contribution in [3.63, 3.8) is 0 Å². The van der Waals surface area contributed by atoms with E-state index in [0.29, 0.717) is 25.7 Å². The van der Waals surface area contributed by atoms with Crippen molar-refractivity contribution in [2.45, 2.75) is 19.9 Å². The number of nitrogens with one attached hydrogen (secondary N) is 2. The number of non-ortho nitro benzene ring substituents is 1. The molecule has 0 unspecified atom stereocenters. The molecule has 0 spiro atoms. The van der Waals surface area contributed by atoms with Gasteiger partial charge in [0.25, 0.3) is 11.6 Å². The van der Waals surface area contributed by atoms with Gasteiger partial charge in [-0.25, -0.2) is 4.98 Å². The first-order valence-corrected chi connectivity index (χ1v) is 9.85. The molecule has 0 atom stereocenters. The maximum Gasteiger partial charge on any atom is 0.270 e. The highest BCUT2D eigenvalue weighted by Crippen LogP contribution is 2.20. The van der Waals surface area contributed by atoms with Gasteiger partial charge < -0.3 is 14.6 Å². The van der Waals surface area contributed by atoms with Crippen LogP contribution in [-0.2, 0) is 16.1 Å². The molecule has 0 radical (unpaired) electrons. The van der Waals surface area contributed by atoms with Crippen molar-refractivity contribution in [2.75, 3.05) is 25.1 Å². The molecule has 0 saturated carbocycles. The van der Waals surface area contributed by atoms with E-state index >= 15 is 0 Å². The van der Waals surface area contributed by atoms with E-state index in [1.54, 1.807) is 0 Å². The molecule has 1 heterocycles. The molecule has 0 aliphatic carbocycles. The largest absolute Gasteiger partial charge is 0.382 e. The molecule has 0 saturated heterocycles. The summed E-state index contributed by atoms with van der Waals surface area (Å²) >= 11 is 0. The smallest absolute Gasteiger partial charge is 0.270 e. The monoisotopic (exact) mass is 425 g/mol. The molecule has 31 heavy (non-hydrogen) atoms. The number of nitro groups is 1. The van der Waals surface area contributed by atoms with Gasteiger partial charge in [-0.1, -0.05) is 18.2 Å². The Bertz CT molecular complexity index is 1090. The predicted octanol–water partition coefficient (Wildman–Crippen LogP) is 2.74. The van der Waals surface area contributed by atoms with Crippen molar-refractivity contribution in [3.05, 3.63) is 64.2 Å². The number of ether oxygens (including phenoxy) is 1. The molecular weight excluding hydrogens is 402 g/mol. The lowest BCUT2D eigenvalue weighted by Gasteiger charge is -2.11. The van der Waals surface area contributed by atoms with Gasteiger partial charge in [0.2, 0.25) is 11.9 Å². The van der Waals surface area contributed by atoms with Crippen molar-refractivity contribution in [3.8, 4) is 0 Å². The lowest BCUT2D eigenvalue weighted by Crippen LogP contribution is -2.33. The highest BCUT2D eigenvalue weighted by Gasteiger charge is 2.15. The average molecular weight is 425 g/mol. The van der Waals surface area contributed by atoms with Crippen molar-refractivity contribution >= 4 is 34.5 Å². The van der Waals surface area contributed by atoms with Gasteiger partial charge in [0.15, 0.2) is 0 Å². The summed E-state index contributed by atoms with van der Waals surface area (Å²) < 4.78 is 7.28. The first-order valence-electron chi connectivity index (χ1n) is 9.85. The average Bonchev–Trinajstić information content (AvgIpc) is 3.12. The highest BCUT2D eigenvalue weighted by molar-refractivity contribution is 5.99. The van der Waals surface area contributed by atoms with Gasteiger partial charge in [0, 0.05) is 37.5 Å². The van der Waals surface area contributed by atoms with Gasteiger partial charge in [-0.2, -0.15) is 0 Å². The number of nitro benzene ring substituents is 1. The zero-order valence-corrected chi connectivity index (χ0v) is 17.0. The second kappa shape index (κ2) is 10.3. The van der Waals surface area contributed by atoms with Crippen LogP contribution < -0.4 is 10.6 Å². The summed E-state index contributed by atoms with van der Waals surface area (Å²) in [5, 5.41) is 16.0. The standard InChI is InChI=1S/C21H23N5O5/c1-2-31-12-6-11-25-18-10-4-3-9-17(18)23-21(25)24-19(27)14-22-20(28)15-7-5-8-16(13-15)26(29)30/h3-5,7-10,13H,2,6,11-12,14H2,1H3,(H,22,28)(H,23,24,27). The van der Waals surface area contributed by atoms with E-state index in [4.69, 9.17) is 4.74 Å². The van der Waals surface area contributed by atoms with Gasteiger partial charge in [-0.05, 0) is 31.5 Å².